The molecule has 0 aliphatic heterocycles. The van der Waals surface area contributed by atoms with Crippen LogP contribution in [0.3, 0.4) is 0 Å². The highest BCUT2D eigenvalue weighted by atomic mass is 16.6. The van der Waals surface area contributed by atoms with Gasteiger partial charge in [-0.15, -0.1) is 0 Å². The van der Waals surface area contributed by atoms with Crippen molar-refractivity contribution in [3.8, 4) is 0 Å². The molecular formula is C58H102O6. The fourth-order valence-electron chi connectivity index (χ4n) is 7.60. The molecule has 0 aromatic heterocycles. The van der Waals surface area contributed by atoms with Gasteiger partial charge in [-0.3, -0.25) is 14.4 Å². The number of carbonyl (C=O) groups is 3. The van der Waals surface area contributed by atoms with E-state index in [-0.39, 0.29) is 31.1 Å². The summed E-state index contributed by atoms with van der Waals surface area (Å²) in [5.41, 5.74) is 0. The SMILES string of the molecule is CCCCC/C=C\C/C=C\C/C=C\CCCCC(=O)OC[C@H](COC(=O)CCCCCCCCCCCCCC)OC(=O)CCCCCCCCCCC/C=C\C/C=C\CCCCC. The predicted octanol–water partition coefficient (Wildman–Crippen LogP) is 18.0. The van der Waals surface area contributed by atoms with Gasteiger partial charge in [0.2, 0.25) is 0 Å². The van der Waals surface area contributed by atoms with Gasteiger partial charge in [-0.05, 0) is 89.9 Å². The van der Waals surface area contributed by atoms with Crippen LogP contribution in [0.5, 0.6) is 0 Å². The lowest BCUT2D eigenvalue weighted by atomic mass is 10.0. The maximum absolute atomic E-state index is 12.8. The normalized spacial score (nSPS) is 12.5. The van der Waals surface area contributed by atoms with E-state index in [1.807, 2.05) is 0 Å². The first-order valence-electron chi connectivity index (χ1n) is 27.3. The summed E-state index contributed by atoms with van der Waals surface area (Å²) in [6.07, 6.45) is 64.9. The number of rotatable bonds is 49. The Balaban J connectivity index is 4.41. The topological polar surface area (TPSA) is 78.9 Å². The summed E-state index contributed by atoms with van der Waals surface area (Å²) >= 11 is 0. The molecule has 6 heteroatoms. The number of hydrogen-bond donors (Lipinski definition) is 0. The van der Waals surface area contributed by atoms with Gasteiger partial charge in [-0.1, -0.05) is 223 Å². The van der Waals surface area contributed by atoms with Crippen molar-refractivity contribution >= 4 is 17.9 Å². The molecule has 0 N–H and O–H groups in total. The zero-order valence-corrected chi connectivity index (χ0v) is 42.3. The van der Waals surface area contributed by atoms with Crippen LogP contribution in [-0.4, -0.2) is 37.2 Å². The van der Waals surface area contributed by atoms with Crippen molar-refractivity contribution in [2.45, 2.75) is 277 Å². The van der Waals surface area contributed by atoms with Crippen molar-refractivity contribution in [1.82, 2.24) is 0 Å². The second kappa shape index (κ2) is 52.7. The van der Waals surface area contributed by atoms with Gasteiger partial charge in [0, 0.05) is 19.3 Å². The smallest absolute Gasteiger partial charge is 0.306 e. The molecule has 0 heterocycles. The van der Waals surface area contributed by atoms with E-state index >= 15 is 0 Å². The Labute approximate surface area is 396 Å². The van der Waals surface area contributed by atoms with Crippen LogP contribution >= 0.6 is 0 Å². The third-order valence-electron chi connectivity index (χ3n) is 11.7. The number of ether oxygens (including phenoxy) is 3. The van der Waals surface area contributed by atoms with E-state index in [0.717, 1.165) is 77.0 Å². The molecule has 0 unspecified atom stereocenters. The van der Waals surface area contributed by atoms with Crippen LogP contribution in [0.15, 0.2) is 60.8 Å². The Bertz CT molecular complexity index is 1170. The lowest BCUT2D eigenvalue weighted by Crippen LogP contribution is -2.30. The second-order valence-electron chi connectivity index (χ2n) is 18.1. The van der Waals surface area contributed by atoms with Crippen LogP contribution in [0, 0.1) is 0 Å². The van der Waals surface area contributed by atoms with Crippen molar-refractivity contribution in [2.24, 2.45) is 0 Å². The van der Waals surface area contributed by atoms with Gasteiger partial charge in [0.05, 0.1) is 0 Å². The lowest BCUT2D eigenvalue weighted by Gasteiger charge is -2.18. The van der Waals surface area contributed by atoms with Gasteiger partial charge in [0.15, 0.2) is 6.10 Å². The maximum atomic E-state index is 12.8. The summed E-state index contributed by atoms with van der Waals surface area (Å²) in [6, 6.07) is 0. The monoisotopic (exact) mass is 895 g/mol. The molecule has 0 saturated carbocycles. The summed E-state index contributed by atoms with van der Waals surface area (Å²) in [6.45, 7) is 6.56. The van der Waals surface area contributed by atoms with Gasteiger partial charge in [-0.25, -0.2) is 0 Å². The Morgan fingerprint density at radius 1 is 0.312 bits per heavy atom. The predicted molar refractivity (Wildman–Crippen MR) is 275 cm³/mol. The molecule has 0 fully saturated rings. The average molecular weight is 895 g/mol. The highest BCUT2D eigenvalue weighted by molar-refractivity contribution is 5.71. The van der Waals surface area contributed by atoms with Gasteiger partial charge < -0.3 is 14.2 Å². The minimum absolute atomic E-state index is 0.0859. The third-order valence-corrected chi connectivity index (χ3v) is 11.7. The quantitative estimate of drug-likeness (QED) is 0.0262. The molecule has 0 aromatic carbocycles. The zero-order valence-electron chi connectivity index (χ0n) is 42.3. The van der Waals surface area contributed by atoms with E-state index in [0.29, 0.717) is 19.3 Å². The van der Waals surface area contributed by atoms with Gasteiger partial charge >= 0.3 is 17.9 Å². The van der Waals surface area contributed by atoms with Crippen molar-refractivity contribution in [2.75, 3.05) is 13.2 Å². The minimum Gasteiger partial charge on any atom is -0.462 e. The molecule has 0 spiro atoms. The number of allylic oxidation sites excluding steroid dienone is 10. The van der Waals surface area contributed by atoms with Crippen molar-refractivity contribution in [3.63, 3.8) is 0 Å². The Kier molecular flexibility index (Phi) is 50.4. The molecule has 0 aliphatic carbocycles. The van der Waals surface area contributed by atoms with E-state index in [2.05, 4.69) is 81.5 Å². The lowest BCUT2D eigenvalue weighted by molar-refractivity contribution is -0.167. The highest BCUT2D eigenvalue weighted by Crippen LogP contribution is 2.15. The first-order valence-corrected chi connectivity index (χ1v) is 27.3. The van der Waals surface area contributed by atoms with Crippen LogP contribution in [0.25, 0.3) is 0 Å². The van der Waals surface area contributed by atoms with Crippen LogP contribution < -0.4 is 0 Å². The van der Waals surface area contributed by atoms with Gasteiger partial charge in [0.25, 0.3) is 0 Å². The van der Waals surface area contributed by atoms with Crippen LogP contribution in [-0.2, 0) is 28.6 Å². The molecule has 0 aromatic rings. The summed E-state index contributed by atoms with van der Waals surface area (Å²) in [4.78, 5) is 38.0. The Morgan fingerprint density at radius 3 is 0.938 bits per heavy atom. The molecule has 0 radical (unpaired) electrons. The molecule has 370 valence electrons. The molecule has 64 heavy (non-hydrogen) atoms. The van der Waals surface area contributed by atoms with Crippen LogP contribution in [0.2, 0.25) is 0 Å². The summed E-state index contributed by atoms with van der Waals surface area (Å²) in [5, 5.41) is 0. The number of carbonyl (C=O) groups excluding carboxylic acids is 3. The minimum atomic E-state index is -0.789. The molecule has 0 aliphatic rings. The molecular weight excluding hydrogens is 793 g/mol. The number of hydrogen-bond acceptors (Lipinski definition) is 6. The first kappa shape index (κ1) is 61.1. The van der Waals surface area contributed by atoms with E-state index in [4.69, 9.17) is 14.2 Å². The van der Waals surface area contributed by atoms with E-state index < -0.39 is 6.10 Å². The third kappa shape index (κ3) is 50.1. The summed E-state index contributed by atoms with van der Waals surface area (Å²) in [5.74, 6) is -0.923. The number of esters is 3. The molecule has 0 saturated heterocycles. The largest absolute Gasteiger partial charge is 0.462 e. The van der Waals surface area contributed by atoms with E-state index in [1.165, 1.54) is 154 Å². The zero-order chi connectivity index (χ0) is 46.5. The maximum Gasteiger partial charge on any atom is 0.306 e. The standard InChI is InChI=1S/C58H102O6/c1-4-7-10-13-16-19-22-25-27-28-29-30-32-34-37-40-43-46-49-52-58(61)64-55(53-62-56(59)50-47-44-41-38-35-24-21-18-15-12-9-6-3)54-63-57(60)51-48-45-42-39-36-33-31-26-23-20-17-14-11-8-5-2/h16-17,19-20,25-27,31,36,39,55H,4-15,18,21-24,28-30,32-35,37-38,40-54H2,1-3H3/b19-16-,20-17-,27-25-,31-26-,39-36-/t55-/m0/s1. The average Bonchev–Trinajstić information content (AvgIpc) is 3.29. The van der Waals surface area contributed by atoms with Crippen molar-refractivity contribution < 1.29 is 28.6 Å². The van der Waals surface area contributed by atoms with Gasteiger partial charge in [-0.2, -0.15) is 0 Å². The van der Waals surface area contributed by atoms with E-state index in [1.54, 1.807) is 0 Å². The fourth-order valence-corrected chi connectivity index (χ4v) is 7.60. The first-order chi connectivity index (χ1) is 31.5. The highest BCUT2D eigenvalue weighted by Gasteiger charge is 2.19. The summed E-state index contributed by atoms with van der Waals surface area (Å²) in [7, 11) is 0. The Hall–Kier alpha value is -2.89. The summed E-state index contributed by atoms with van der Waals surface area (Å²) < 4.78 is 16.8. The van der Waals surface area contributed by atoms with Gasteiger partial charge in [0.1, 0.15) is 13.2 Å². The van der Waals surface area contributed by atoms with Crippen molar-refractivity contribution in [1.29, 1.82) is 0 Å². The second-order valence-corrected chi connectivity index (χ2v) is 18.1. The van der Waals surface area contributed by atoms with Crippen LogP contribution in [0.4, 0.5) is 0 Å². The molecule has 0 bridgehead atoms. The Morgan fingerprint density at radius 2 is 0.562 bits per heavy atom. The fraction of sp³-hybridized carbons (Fsp3) is 0.776. The van der Waals surface area contributed by atoms with Crippen LogP contribution in [0.1, 0.15) is 271 Å². The molecule has 0 rings (SSSR count). The van der Waals surface area contributed by atoms with E-state index in [9.17, 15) is 14.4 Å². The molecule has 6 nitrogen and oxygen atoms in total. The molecule has 0 amide bonds. The molecule has 1 atom stereocenters. The van der Waals surface area contributed by atoms with Crippen molar-refractivity contribution in [3.05, 3.63) is 60.8 Å². The number of unbranched alkanes of at least 4 members (excludes halogenated alkanes) is 28.